The van der Waals surface area contributed by atoms with E-state index >= 15 is 0 Å². The maximum atomic E-state index is 12.4. The minimum Gasteiger partial charge on any atom is -0.322 e. The summed E-state index contributed by atoms with van der Waals surface area (Å²) in [6.45, 7) is 1.86. The van der Waals surface area contributed by atoms with Crippen molar-refractivity contribution in [3.8, 4) is 0 Å². The van der Waals surface area contributed by atoms with Gasteiger partial charge in [-0.05, 0) is 48.4 Å². The number of nitro groups is 1. The average molecular weight is 401 g/mol. The van der Waals surface area contributed by atoms with Crippen molar-refractivity contribution in [2.24, 2.45) is 0 Å². The van der Waals surface area contributed by atoms with Crippen molar-refractivity contribution < 1.29 is 14.5 Å². The molecule has 3 rings (SSSR count). The second kappa shape index (κ2) is 9.29. The van der Waals surface area contributed by atoms with Gasteiger partial charge in [0.1, 0.15) is 0 Å². The first kappa shape index (κ1) is 20.5. The normalized spacial score (nSPS) is 10.6. The van der Waals surface area contributed by atoms with Gasteiger partial charge in [0.15, 0.2) is 0 Å². The summed E-state index contributed by atoms with van der Waals surface area (Å²) >= 11 is 0. The van der Waals surface area contributed by atoms with Crippen LogP contribution in [0.25, 0.3) is 6.08 Å². The number of carbonyl (C=O) groups excluding carboxylic acids is 2. The standard InChI is InChI=1S/C23H19N3O4/c1-16-6-2-3-11-21(16)23(28)25-19-9-5-8-18(15-19)24-22(27)13-12-17-7-4-10-20(14-17)26(29)30/h2-15H,1H3,(H,24,27)(H,25,28)/b13-12+. The zero-order chi connectivity index (χ0) is 21.5. The van der Waals surface area contributed by atoms with E-state index in [0.29, 0.717) is 22.5 Å². The molecule has 0 saturated carbocycles. The number of hydrogen-bond donors (Lipinski definition) is 2. The van der Waals surface area contributed by atoms with E-state index in [9.17, 15) is 19.7 Å². The van der Waals surface area contributed by atoms with Crippen LogP contribution in [0.15, 0.2) is 78.9 Å². The summed E-state index contributed by atoms with van der Waals surface area (Å²) in [7, 11) is 0. The van der Waals surface area contributed by atoms with Crippen molar-refractivity contribution in [2.45, 2.75) is 6.92 Å². The highest BCUT2D eigenvalue weighted by Gasteiger charge is 2.09. The lowest BCUT2D eigenvalue weighted by molar-refractivity contribution is -0.384. The molecule has 30 heavy (non-hydrogen) atoms. The van der Waals surface area contributed by atoms with Crippen molar-refractivity contribution in [3.63, 3.8) is 0 Å². The van der Waals surface area contributed by atoms with E-state index in [-0.39, 0.29) is 11.6 Å². The summed E-state index contributed by atoms with van der Waals surface area (Å²) in [5, 5.41) is 16.3. The lowest BCUT2D eigenvalue weighted by Gasteiger charge is -2.09. The average Bonchev–Trinajstić information content (AvgIpc) is 2.73. The summed E-state index contributed by atoms with van der Waals surface area (Å²) in [5.74, 6) is -0.633. The number of nitrogens with zero attached hydrogens (tertiary/aromatic N) is 1. The molecule has 0 radical (unpaired) electrons. The second-order valence-electron chi connectivity index (χ2n) is 6.52. The van der Waals surface area contributed by atoms with Crippen LogP contribution in [-0.4, -0.2) is 16.7 Å². The highest BCUT2D eigenvalue weighted by atomic mass is 16.6. The fourth-order valence-corrected chi connectivity index (χ4v) is 2.80. The summed E-state index contributed by atoms with van der Waals surface area (Å²) in [5.41, 5.74) is 2.99. The topological polar surface area (TPSA) is 101 Å². The molecule has 0 aliphatic rings. The molecule has 0 unspecified atom stereocenters. The summed E-state index contributed by atoms with van der Waals surface area (Å²) < 4.78 is 0. The molecule has 2 N–H and O–H groups in total. The predicted octanol–water partition coefficient (Wildman–Crippen LogP) is 4.81. The second-order valence-corrected chi connectivity index (χ2v) is 6.52. The molecule has 0 spiro atoms. The summed E-state index contributed by atoms with van der Waals surface area (Å²) in [6.07, 6.45) is 2.78. The van der Waals surface area contributed by atoms with Gasteiger partial charge in [-0.1, -0.05) is 36.4 Å². The number of nitro benzene ring substituents is 1. The molecule has 7 nitrogen and oxygen atoms in total. The zero-order valence-corrected chi connectivity index (χ0v) is 16.2. The highest BCUT2D eigenvalue weighted by Crippen LogP contribution is 2.18. The number of rotatable bonds is 6. The van der Waals surface area contributed by atoms with Gasteiger partial charge in [-0.25, -0.2) is 0 Å². The van der Waals surface area contributed by atoms with Gasteiger partial charge in [-0.2, -0.15) is 0 Å². The number of non-ortho nitro benzene ring substituents is 1. The number of carbonyl (C=O) groups is 2. The number of benzene rings is 3. The Kier molecular flexibility index (Phi) is 6.34. The SMILES string of the molecule is Cc1ccccc1C(=O)Nc1cccc(NC(=O)/C=C/c2cccc([N+](=O)[O-])c2)c1. The quantitative estimate of drug-likeness (QED) is 0.352. The van der Waals surface area contributed by atoms with E-state index in [1.165, 1.54) is 24.3 Å². The fourth-order valence-electron chi connectivity index (χ4n) is 2.80. The van der Waals surface area contributed by atoms with Crippen molar-refractivity contribution >= 4 is 35.0 Å². The van der Waals surface area contributed by atoms with Crippen LogP contribution in [0.1, 0.15) is 21.5 Å². The van der Waals surface area contributed by atoms with Gasteiger partial charge < -0.3 is 10.6 Å². The van der Waals surface area contributed by atoms with Gasteiger partial charge in [0, 0.05) is 35.1 Å². The molecule has 0 aliphatic heterocycles. The van der Waals surface area contributed by atoms with Crippen molar-refractivity contribution in [2.75, 3.05) is 10.6 Å². The third kappa shape index (κ3) is 5.39. The van der Waals surface area contributed by atoms with Crippen LogP contribution < -0.4 is 10.6 Å². The van der Waals surface area contributed by atoms with Crippen LogP contribution in [-0.2, 0) is 4.79 Å². The Morgan fingerprint density at radius 3 is 2.33 bits per heavy atom. The van der Waals surface area contributed by atoms with E-state index in [2.05, 4.69) is 10.6 Å². The molecule has 0 fully saturated rings. The van der Waals surface area contributed by atoms with Gasteiger partial charge >= 0.3 is 0 Å². The minimum absolute atomic E-state index is 0.0466. The Hall–Kier alpha value is -4.26. The molecular weight excluding hydrogens is 382 g/mol. The molecule has 0 bridgehead atoms. The summed E-state index contributed by atoms with van der Waals surface area (Å²) in [6, 6.07) is 20.0. The van der Waals surface area contributed by atoms with Crippen LogP contribution in [0.3, 0.4) is 0 Å². The number of anilines is 2. The maximum Gasteiger partial charge on any atom is 0.270 e. The Morgan fingerprint density at radius 1 is 0.900 bits per heavy atom. The van der Waals surface area contributed by atoms with Crippen molar-refractivity contribution in [1.82, 2.24) is 0 Å². The number of nitrogens with one attached hydrogen (secondary N) is 2. The van der Waals surface area contributed by atoms with Gasteiger partial charge in [-0.3, -0.25) is 19.7 Å². The monoisotopic (exact) mass is 401 g/mol. The third-order valence-corrected chi connectivity index (χ3v) is 4.29. The van der Waals surface area contributed by atoms with Crippen molar-refractivity contribution in [1.29, 1.82) is 0 Å². The minimum atomic E-state index is -0.492. The molecule has 2 amide bonds. The number of amides is 2. The molecular formula is C23H19N3O4. The summed E-state index contributed by atoms with van der Waals surface area (Å²) in [4.78, 5) is 35.0. The van der Waals surface area contributed by atoms with Crippen LogP contribution in [0, 0.1) is 17.0 Å². The first-order valence-corrected chi connectivity index (χ1v) is 9.13. The third-order valence-electron chi connectivity index (χ3n) is 4.29. The van der Waals surface area contributed by atoms with Crippen LogP contribution in [0.5, 0.6) is 0 Å². The Bertz CT molecular complexity index is 1140. The molecule has 0 atom stereocenters. The number of aryl methyl sites for hydroxylation is 1. The lowest BCUT2D eigenvalue weighted by Crippen LogP contribution is -2.14. The van der Waals surface area contributed by atoms with Crippen LogP contribution in [0.4, 0.5) is 17.1 Å². The van der Waals surface area contributed by atoms with Gasteiger partial charge in [0.05, 0.1) is 4.92 Å². The van der Waals surface area contributed by atoms with Crippen LogP contribution >= 0.6 is 0 Å². The van der Waals surface area contributed by atoms with E-state index in [1.807, 2.05) is 19.1 Å². The molecule has 3 aromatic rings. The van der Waals surface area contributed by atoms with Gasteiger partial charge in [-0.15, -0.1) is 0 Å². The smallest absolute Gasteiger partial charge is 0.270 e. The van der Waals surface area contributed by atoms with Gasteiger partial charge in [0.2, 0.25) is 5.91 Å². The fraction of sp³-hybridized carbons (Fsp3) is 0.0435. The molecule has 150 valence electrons. The molecule has 0 heterocycles. The molecule has 0 saturated heterocycles. The van der Waals surface area contributed by atoms with E-state index in [4.69, 9.17) is 0 Å². The van der Waals surface area contributed by atoms with Gasteiger partial charge in [0.25, 0.3) is 11.6 Å². The van der Waals surface area contributed by atoms with Crippen molar-refractivity contribution in [3.05, 3.63) is 106 Å². The molecule has 0 aromatic heterocycles. The maximum absolute atomic E-state index is 12.4. The van der Waals surface area contributed by atoms with E-state index in [0.717, 1.165) is 5.56 Å². The Morgan fingerprint density at radius 2 is 1.60 bits per heavy atom. The Balaban J connectivity index is 1.65. The highest BCUT2D eigenvalue weighted by molar-refractivity contribution is 6.06. The Labute approximate surface area is 173 Å². The first-order valence-electron chi connectivity index (χ1n) is 9.13. The van der Waals surface area contributed by atoms with Crippen LogP contribution in [0.2, 0.25) is 0 Å². The van der Waals surface area contributed by atoms with E-state index < -0.39 is 10.8 Å². The first-order chi connectivity index (χ1) is 14.4. The molecule has 3 aromatic carbocycles. The largest absolute Gasteiger partial charge is 0.322 e. The predicted molar refractivity (Wildman–Crippen MR) is 116 cm³/mol. The zero-order valence-electron chi connectivity index (χ0n) is 16.2. The lowest BCUT2D eigenvalue weighted by atomic mass is 10.1. The number of hydrogen-bond acceptors (Lipinski definition) is 4. The van der Waals surface area contributed by atoms with E-state index in [1.54, 1.807) is 48.5 Å². The molecule has 0 aliphatic carbocycles. The molecule has 7 heteroatoms.